The molecule has 1 aliphatic heterocycles. The van der Waals surface area contributed by atoms with E-state index in [4.69, 9.17) is 20.2 Å². The van der Waals surface area contributed by atoms with E-state index in [0.717, 1.165) is 5.70 Å². The molecule has 2 aromatic rings. The third-order valence-electron chi connectivity index (χ3n) is 5.63. The van der Waals surface area contributed by atoms with E-state index in [1.54, 1.807) is 38.6 Å². The van der Waals surface area contributed by atoms with Gasteiger partial charge in [0.05, 0.1) is 17.8 Å². The Labute approximate surface area is 197 Å². The molecule has 2 atom stereocenters. The van der Waals surface area contributed by atoms with Crippen LogP contribution in [0.3, 0.4) is 0 Å². The van der Waals surface area contributed by atoms with Crippen molar-refractivity contribution in [3.8, 4) is 11.3 Å². The van der Waals surface area contributed by atoms with Gasteiger partial charge in [-0.2, -0.15) is 0 Å². The highest BCUT2D eigenvalue weighted by Gasteiger charge is 2.24. The van der Waals surface area contributed by atoms with Crippen LogP contribution in [0.15, 0.2) is 48.3 Å². The normalized spacial score (nSPS) is 18.8. The molecule has 0 saturated heterocycles. The van der Waals surface area contributed by atoms with Crippen LogP contribution in [0.1, 0.15) is 22.3 Å². The van der Waals surface area contributed by atoms with Crippen LogP contribution in [0.4, 0.5) is 11.6 Å². The van der Waals surface area contributed by atoms with Crippen LogP contribution in [0.2, 0.25) is 0 Å². The Morgan fingerprint density at radius 3 is 2.85 bits per heavy atom. The zero-order chi connectivity index (χ0) is 24.1. The van der Waals surface area contributed by atoms with Crippen LogP contribution in [-0.2, 0) is 20.7 Å². The van der Waals surface area contributed by atoms with Crippen LogP contribution >= 0.6 is 0 Å². The molecule has 0 bridgehead atoms. The van der Waals surface area contributed by atoms with E-state index < -0.39 is 0 Å². The molecule has 2 amide bonds. The van der Waals surface area contributed by atoms with Gasteiger partial charge in [-0.25, -0.2) is 9.97 Å². The number of carbonyl (C=O) groups is 2. The lowest BCUT2D eigenvalue weighted by atomic mass is 10.0. The number of fused-ring (bicyclic) bond motifs is 3. The fraction of sp³-hybridized carbons (Fsp3) is 0.333. The number of hydrogen-bond acceptors (Lipinski definition) is 8. The van der Waals surface area contributed by atoms with Crippen LogP contribution in [0.5, 0.6) is 0 Å². The minimum Gasteiger partial charge on any atom is -0.374 e. The lowest BCUT2D eigenvalue weighted by Gasteiger charge is -2.24. The molecule has 5 N–H and O–H groups in total. The summed E-state index contributed by atoms with van der Waals surface area (Å²) in [5, 5.41) is 8.93. The van der Waals surface area contributed by atoms with Gasteiger partial charge in [-0.3, -0.25) is 9.59 Å². The van der Waals surface area contributed by atoms with Gasteiger partial charge in [0.1, 0.15) is 12.2 Å². The van der Waals surface area contributed by atoms with Gasteiger partial charge in [-0.1, -0.05) is 6.08 Å². The Morgan fingerprint density at radius 2 is 2.09 bits per heavy atom. The van der Waals surface area contributed by atoms with E-state index in [1.807, 2.05) is 18.2 Å². The van der Waals surface area contributed by atoms with Gasteiger partial charge in [0.15, 0.2) is 0 Å². The molecule has 2 heterocycles. The molecule has 0 radical (unpaired) electrons. The number of anilines is 2. The molecule has 178 valence electrons. The van der Waals surface area contributed by atoms with Crippen LogP contribution < -0.4 is 21.7 Å². The summed E-state index contributed by atoms with van der Waals surface area (Å²) in [6.07, 6.45) is 7.69. The maximum absolute atomic E-state index is 12.6. The van der Waals surface area contributed by atoms with E-state index in [9.17, 15) is 9.59 Å². The summed E-state index contributed by atoms with van der Waals surface area (Å²) in [5.41, 5.74) is 9.23. The molecule has 1 aromatic heterocycles. The van der Waals surface area contributed by atoms with Crippen molar-refractivity contribution in [1.29, 1.82) is 0 Å². The highest BCUT2D eigenvalue weighted by atomic mass is 16.5. The first-order valence-corrected chi connectivity index (χ1v) is 11.0. The molecule has 0 spiro atoms. The van der Waals surface area contributed by atoms with Gasteiger partial charge >= 0.3 is 0 Å². The molecule has 34 heavy (non-hydrogen) atoms. The predicted molar refractivity (Wildman–Crippen MR) is 128 cm³/mol. The Balaban J connectivity index is 1.65. The maximum atomic E-state index is 12.6. The quantitative estimate of drug-likeness (QED) is 0.432. The summed E-state index contributed by atoms with van der Waals surface area (Å²) in [6, 6.07) is 5.13. The third-order valence-corrected chi connectivity index (χ3v) is 5.63. The molecule has 10 heteroatoms. The average molecular weight is 465 g/mol. The van der Waals surface area contributed by atoms with Gasteiger partial charge in [0, 0.05) is 49.3 Å². The molecule has 0 fully saturated rings. The number of aromatic nitrogens is 2. The van der Waals surface area contributed by atoms with Crippen molar-refractivity contribution in [3.05, 3.63) is 59.4 Å². The highest BCUT2D eigenvalue weighted by molar-refractivity contribution is 6.03. The number of nitrogens with zero attached hydrogens (tertiary/aromatic N) is 2. The number of allylic oxidation sites excluding steroid dienone is 1. The van der Waals surface area contributed by atoms with Crippen molar-refractivity contribution in [2.75, 3.05) is 37.9 Å². The molecule has 1 aliphatic carbocycles. The van der Waals surface area contributed by atoms with Crippen molar-refractivity contribution in [2.24, 2.45) is 5.73 Å². The van der Waals surface area contributed by atoms with E-state index in [-0.39, 0.29) is 30.4 Å². The molecule has 2 unspecified atom stereocenters. The zero-order valence-corrected chi connectivity index (χ0v) is 19.1. The Bertz CT molecular complexity index is 1150. The number of nitrogens with two attached hydrogens (primary N) is 1. The Kier molecular flexibility index (Phi) is 7.31. The lowest BCUT2D eigenvalue weighted by Crippen LogP contribution is -2.29. The molecule has 2 aliphatic rings. The number of nitrogens with one attached hydrogen (secondary N) is 3. The summed E-state index contributed by atoms with van der Waals surface area (Å²) in [6.45, 7) is 0.991. The lowest BCUT2D eigenvalue weighted by molar-refractivity contribution is -0.115. The summed E-state index contributed by atoms with van der Waals surface area (Å²) in [4.78, 5) is 34.1. The summed E-state index contributed by atoms with van der Waals surface area (Å²) >= 11 is 0. The van der Waals surface area contributed by atoms with Gasteiger partial charge in [-0.05, 0) is 43.3 Å². The summed E-state index contributed by atoms with van der Waals surface area (Å²) < 4.78 is 10.9. The van der Waals surface area contributed by atoms with E-state index in [2.05, 4.69) is 20.9 Å². The number of hydrogen-bond donors (Lipinski definition) is 4. The fourth-order valence-corrected chi connectivity index (χ4v) is 3.86. The molecular weight excluding hydrogens is 436 g/mol. The fourth-order valence-electron chi connectivity index (χ4n) is 3.86. The second-order valence-electron chi connectivity index (χ2n) is 7.96. The van der Waals surface area contributed by atoms with Crippen molar-refractivity contribution in [1.82, 2.24) is 15.3 Å². The second-order valence-corrected chi connectivity index (χ2v) is 7.96. The summed E-state index contributed by atoms with van der Waals surface area (Å²) in [7, 11) is 3.25. The average Bonchev–Trinajstić information content (AvgIpc) is 2.98. The predicted octanol–water partition coefficient (Wildman–Crippen LogP) is 1.61. The molecule has 1 aromatic carbocycles. The van der Waals surface area contributed by atoms with E-state index >= 15 is 0 Å². The van der Waals surface area contributed by atoms with Crippen molar-refractivity contribution < 1.29 is 19.1 Å². The molecule has 10 nitrogen and oxygen atoms in total. The van der Waals surface area contributed by atoms with Crippen molar-refractivity contribution in [2.45, 2.75) is 25.0 Å². The number of rotatable bonds is 8. The first-order valence-electron chi connectivity index (χ1n) is 11.0. The minimum atomic E-state index is -0.249. The molecular formula is C24H28N6O4. The monoisotopic (exact) mass is 464 g/mol. The van der Waals surface area contributed by atoms with Gasteiger partial charge in [0.2, 0.25) is 11.9 Å². The van der Waals surface area contributed by atoms with Crippen LogP contribution in [0, 0.1) is 0 Å². The Morgan fingerprint density at radius 1 is 1.26 bits per heavy atom. The smallest absolute Gasteiger partial charge is 0.251 e. The number of methoxy groups -OCH3 is 2. The number of benzene rings is 1. The number of carbonyl (C=O) groups excluding carboxylic acids is 2. The molecule has 0 saturated carbocycles. The maximum Gasteiger partial charge on any atom is 0.251 e. The van der Waals surface area contributed by atoms with E-state index in [1.165, 1.54) is 0 Å². The second kappa shape index (κ2) is 10.6. The standard InChI is InChI=1S/C24H28N6O4/c1-33-19-7-5-16(12-20(19)34-2)28-24-27-13-15-11-21(31)29-18-6-4-14(10-17(18)22(15)30-24)23(32)26-9-3-8-25/h4-7,10,12-13,19-20H,3,8-9,11,25H2,1-2H3,(H,26,32)(H,29,31)(H,27,28,30). The minimum absolute atomic E-state index is 0.131. The van der Waals surface area contributed by atoms with Gasteiger partial charge in [-0.15, -0.1) is 0 Å². The first kappa shape index (κ1) is 23.6. The topological polar surface area (TPSA) is 140 Å². The van der Waals surface area contributed by atoms with Gasteiger partial charge < -0.3 is 31.2 Å². The SMILES string of the molecule is COC1C=CC(Nc2ncc3c(n2)-c2cc(C(=O)NCCCN)ccc2NC(=O)C3)=CC1OC. The highest BCUT2D eigenvalue weighted by Crippen LogP contribution is 2.34. The van der Waals surface area contributed by atoms with Crippen LogP contribution in [0.25, 0.3) is 11.3 Å². The summed E-state index contributed by atoms with van der Waals surface area (Å²) in [5.74, 6) is -0.0222. The van der Waals surface area contributed by atoms with Crippen LogP contribution in [-0.4, -0.2) is 61.3 Å². The number of amides is 2. The first-order chi connectivity index (χ1) is 16.5. The molecule has 4 rings (SSSR count). The Hall–Kier alpha value is -3.60. The van der Waals surface area contributed by atoms with Gasteiger partial charge in [0.25, 0.3) is 5.91 Å². The number of ether oxygens (including phenoxy) is 2. The van der Waals surface area contributed by atoms with Crippen molar-refractivity contribution in [3.63, 3.8) is 0 Å². The third kappa shape index (κ3) is 5.14. The van der Waals surface area contributed by atoms with E-state index in [0.29, 0.717) is 53.5 Å². The van der Waals surface area contributed by atoms with Crippen molar-refractivity contribution >= 4 is 23.5 Å². The largest absolute Gasteiger partial charge is 0.374 e. The zero-order valence-electron chi connectivity index (χ0n) is 19.1.